The molecule has 2 N–H and O–H groups in total. The van der Waals surface area contributed by atoms with Crippen LogP contribution in [-0.2, 0) is 4.74 Å². The molecule has 1 fully saturated rings. The van der Waals surface area contributed by atoms with E-state index in [1.807, 2.05) is 20.8 Å². The van der Waals surface area contributed by atoms with Crippen molar-refractivity contribution in [1.82, 2.24) is 10.2 Å². The van der Waals surface area contributed by atoms with Crippen molar-refractivity contribution in [1.29, 1.82) is 0 Å². The van der Waals surface area contributed by atoms with Gasteiger partial charge in [-0.1, -0.05) is 13.8 Å². The number of hydrogen-bond donors (Lipinski definition) is 2. The summed E-state index contributed by atoms with van der Waals surface area (Å²) in [5.41, 5.74) is -0.453. The first kappa shape index (κ1) is 18.2. The third-order valence-electron chi connectivity index (χ3n) is 3.46. The van der Waals surface area contributed by atoms with Crippen LogP contribution in [0.5, 0.6) is 0 Å². The molecule has 1 aliphatic rings. The number of nitrogens with one attached hydrogen (secondary N) is 1. The first-order valence-electron chi connectivity index (χ1n) is 8.06. The standard InChI is InChI=1S/C16H32N2O3/c1-12(2)9-14(19)10-17-13-7-6-8-18(11-13)15(20)21-16(3,4)5/h12-14,17,19H,6-11H2,1-5H3. The summed E-state index contributed by atoms with van der Waals surface area (Å²) in [6.07, 6.45) is 2.25. The lowest BCUT2D eigenvalue weighted by atomic mass is 10.0. The van der Waals surface area contributed by atoms with Gasteiger partial charge in [0.1, 0.15) is 5.60 Å². The lowest BCUT2D eigenvalue weighted by Crippen LogP contribution is -2.50. The molecule has 1 rings (SSSR count). The third kappa shape index (κ3) is 7.67. The zero-order valence-electron chi connectivity index (χ0n) is 14.2. The minimum absolute atomic E-state index is 0.239. The number of carbonyl (C=O) groups is 1. The van der Waals surface area contributed by atoms with Crippen LogP contribution >= 0.6 is 0 Å². The van der Waals surface area contributed by atoms with Gasteiger partial charge >= 0.3 is 6.09 Å². The number of hydrogen-bond acceptors (Lipinski definition) is 4. The van der Waals surface area contributed by atoms with Gasteiger partial charge in [0.2, 0.25) is 0 Å². The molecule has 0 radical (unpaired) electrons. The number of rotatable bonds is 5. The van der Waals surface area contributed by atoms with E-state index in [1.54, 1.807) is 4.90 Å². The molecule has 0 aliphatic carbocycles. The van der Waals surface area contributed by atoms with Crippen LogP contribution in [0.25, 0.3) is 0 Å². The monoisotopic (exact) mass is 300 g/mol. The average molecular weight is 300 g/mol. The third-order valence-corrected chi connectivity index (χ3v) is 3.46. The molecule has 1 saturated heterocycles. The normalized spacial score (nSPS) is 21.5. The van der Waals surface area contributed by atoms with Crippen LogP contribution in [0.15, 0.2) is 0 Å². The van der Waals surface area contributed by atoms with Crippen LogP contribution in [0.1, 0.15) is 53.9 Å². The van der Waals surface area contributed by atoms with Gasteiger partial charge in [0.05, 0.1) is 6.10 Å². The second kappa shape index (κ2) is 7.99. The van der Waals surface area contributed by atoms with Crippen molar-refractivity contribution in [3.05, 3.63) is 0 Å². The van der Waals surface area contributed by atoms with Crippen molar-refractivity contribution in [3.63, 3.8) is 0 Å². The van der Waals surface area contributed by atoms with E-state index in [9.17, 15) is 9.90 Å². The molecule has 0 saturated carbocycles. The quantitative estimate of drug-likeness (QED) is 0.818. The summed E-state index contributed by atoms with van der Waals surface area (Å²) >= 11 is 0. The summed E-state index contributed by atoms with van der Waals surface area (Å²) in [6, 6.07) is 0.244. The van der Waals surface area contributed by atoms with Gasteiger partial charge < -0.3 is 20.1 Å². The van der Waals surface area contributed by atoms with E-state index in [0.717, 1.165) is 25.8 Å². The van der Waals surface area contributed by atoms with Gasteiger partial charge in [0, 0.05) is 25.7 Å². The zero-order valence-corrected chi connectivity index (χ0v) is 14.2. The van der Waals surface area contributed by atoms with E-state index in [1.165, 1.54) is 0 Å². The Balaban J connectivity index is 2.36. The fourth-order valence-electron chi connectivity index (χ4n) is 2.57. The summed E-state index contributed by atoms with van der Waals surface area (Å²) in [4.78, 5) is 13.8. The number of amides is 1. The number of aliphatic hydroxyl groups excluding tert-OH is 1. The van der Waals surface area contributed by atoms with Gasteiger partial charge in [-0.25, -0.2) is 4.79 Å². The van der Waals surface area contributed by atoms with E-state index < -0.39 is 5.60 Å². The molecule has 5 heteroatoms. The minimum atomic E-state index is -0.453. The highest BCUT2D eigenvalue weighted by atomic mass is 16.6. The molecule has 2 unspecified atom stereocenters. The molecule has 5 nitrogen and oxygen atoms in total. The maximum atomic E-state index is 12.1. The number of likely N-dealkylation sites (tertiary alicyclic amines) is 1. The van der Waals surface area contributed by atoms with Crippen molar-refractivity contribution >= 4 is 6.09 Å². The second-order valence-electron chi connectivity index (χ2n) is 7.46. The number of piperidine rings is 1. The Kier molecular flexibility index (Phi) is 6.94. The van der Waals surface area contributed by atoms with Gasteiger partial charge in [0.15, 0.2) is 0 Å². The number of nitrogens with zero attached hydrogens (tertiary/aromatic N) is 1. The summed E-state index contributed by atoms with van der Waals surface area (Å²) < 4.78 is 5.41. The molecule has 1 heterocycles. The minimum Gasteiger partial charge on any atom is -0.444 e. The topological polar surface area (TPSA) is 61.8 Å². The van der Waals surface area contributed by atoms with Crippen LogP contribution in [0.3, 0.4) is 0 Å². The molecule has 0 spiro atoms. The largest absolute Gasteiger partial charge is 0.444 e. The maximum Gasteiger partial charge on any atom is 0.410 e. The Morgan fingerprint density at radius 2 is 2.10 bits per heavy atom. The molecule has 0 aromatic heterocycles. The molecule has 2 atom stereocenters. The highest BCUT2D eigenvalue weighted by molar-refractivity contribution is 5.68. The van der Waals surface area contributed by atoms with Crippen LogP contribution in [-0.4, -0.2) is 53.5 Å². The van der Waals surface area contributed by atoms with Crippen molar-refractivity contribution in [2.75, 3.05) is 19.6 Å². The van der Waals surface area contributed by atoms with Crippen molar-refractivity contribution in [2.45, 2.75) is 71.6 Å². The lowest BCUT2D eigenvalue weighted by molar-refractivity contribution is 0.0182. The first-order valence-corrected chi connectivity index (χ1v) is 8.06. The summed E-state index contributed by atoms with van der Waals surface area (Å²) in [6.45, 7) is 11.9. The number of ether oxygens (including phenoxy) is 1. The molecule has 21 heavy (non-hydrogen) atoms. The summed E-state index contributed by atoms with van der Waals surface area (Å²) in [5, 5.41) is 13.3. The fourth-order valence-corrected chi connectivity index (χ4v) is 2.57. The molecular formula is C16H32N2O3. The van der Waals surface area contributed by atoms with Crippen LogP contribution in [0.4, 0.5) is 4.79 Å². The van der Waals surface area contributed by atoms with Crippen molar-refractivity contribution < 1.29 is 14.6 Å². The summed E-state index contributed by atoms with van der Waals surface area (Å²) in [5.74, 6) is 0.492. The maximum absolute atomic E-state index is 12.1. The van der Waals surface area contributed by atoms with Crippen molar-refractivity contribution in [3.8, 4) is 0 Å². The lowest BCUT2D eigenvalue weighted by Gasteiger charge is -2.35. The van der Waals surface area contributed by atoms with Crippen LogP contribution in [0.2, 0.25) is 0 Å². The van der Waals surface area contributed by atoms with Crippen molar-refractivity contribution in [2.24, 2.45) is 5.92 Å². The van der Waals surface area contributed by atoms with Gasteiger partial charge in [-0.2, -0.15) is 0 Å². The van der Waals surface area contributed by atoms with Gasteiger partial charge in [-0.3, -0.25) is 0 Å². The van der Waals surface area contributed by atoms with Crippen LogP contribution in [0, 0.1) is 5.92 Å². The number of carbonyl (C=O) groups excluding carboxylic acids is 1. The predicted molar refractivity (Wildman–Crippen MR) is 84.3 cm³/mol. The molecule has 0 aromatic carbocycles. The molecule has 124 valence electrons. The molecular weight excluding hydrogens is 268 g/mol. The van der Waals surface area contributed by atoms with E-state index in [2.05, 4.69) is 19.2 Å². The number of aliphatic hydroxyl groups is 1. The average Bonchev–Trinajstić information content (AvgIpc) is 2.34. The van der Waals surface area contributed by atoms with E-state index in [4.69, 9.17) is 4.74 Å². The SMILES string of the molecule is CC(C)CC(O)CNC1CCCN(C(=O)OC(C)(C)C)C1. The Labute approximate surface area is 129 Å². The predicted octanol–water partition coefficient (Wildman–Crippen LogP) is 2.38. The Morgan fingerprint density at radius 1 is 1.43 bits per heavy atom. The zero-order chi connectivity index (χ0) is 16.0. The molecule has 0 bridgehead atoms. The Hall–Kier alpha value is -0.810. The first-order chi connectivity index (χ1) is 9.67. The van der Waals surface area contributed by atoms with Gasteiger partial charge in [-0.05, 0) is 46.0 Å². The van der Waals surface area contributed by atoms with E-state index in [0.29, 0.717) is 19.0 Å². The van der Waals surface area contributed by atoms with Gasteiger partial charge in [0.25, 0.3) is 0 Å². The molecule has 1 amide bonds. The Bertz CT molecular complexity index is 326. The molecule has 1 aliphatic heterocycles. The highest BCUT2D eigenvalue weighted by Crippen LogP contribution is 2.15. The smallest absolute Gasteiger partial charge is 0.410 e. The molecule has 0 aromatic rings. The highest BCUT2D eigenvalue weighted by Gasteiger charge is 2.27. The summed E-state index contributed by atoms with van der Waals surface area (Å²) in [7, 11) is 0. The van der Waals surface area contributed by atoms with Crippen LogP contribution < -0.4 is 5.32 Å². The van der Waals surface area contributed by atoms with E-state index in [-0.39, 0.29) is 18.2 Å². The second-order valence-corrected chi connectivity index (χ2v) is 7.46. The fraction of sp³-hybridized carbons (Fsp3) is 0.938. The Morgan fingerprint density at radius 3 is 2.67 bits per heavy atom. The van der Waals surface area contributed by atoms with E-state index >= 15 is 0 Å². The van der Waals surface area contributed by atoms with Gasteiger partial charge in [-0.15, -0.1) is 0 Å².